The van der Waals surface area contributed by atoms with Crippen molar-refractivity contribution in [1.29, 1.82) is 0 Å². The summed E-state index contributed by atoms with van der Waals surface area (Å²) in [4.78, 5) is 9.00. The van der Waals surface area contributed by atoms with Crippen LogP contribution in [0.1, 0.15) is 57.2 Å². The molecule has 2 aromatic rings. The monoisotopic (exact) mass is 548 g/mol. The lowest BCUT2D eigenvalue weighted by molar-refractivity contribution is 0.389. The Morgan fingerprint density at radius 3 is 2.77 bits per heavy atom. The molecule has 1 aromatic carbocycles. The molecular formula is C21H31ClFIN6. The van der Waals surface area contributed by atoms with E-state index in [1.807, 2.05) is 4.68 Å². The Kier molecular flexibility index (Phi) is 8.50. The molecule has 0 spiro atoms. The quantitative estimate of drug-likeness (QED) is 0.333. The molecule has 3 rings (SSSR count). The fourth-order valence-corrected chi connectivity index (χ4v) is 3.94. The number of aromatic nitrogens is 3. The van der Waals surface area contributed by atoms with E-state index in [1.165, 1.54) is 12.1 Å². The third-order valence-electron chi connectivity index (χ3n) is 5.31. The second-order valence-corrected chi connectivity index (χ2v) is 8.94. The molecule has 0 aliphatic carbocycles. The third kappa shape index (κ3) is 5.84. The first kappa shape index (κ1) is 24.8. The Hall–Kier alpha value is -1.42. The van der Waals surface area contributed by atoms with E-state index in [4.69, 9.17) is 11.6 Å². The molecule has 0 fully saturated rings. The molecule has 0 radical (unpaired) electrons. The number of hydrogen-bond donors (Lipinski definition) is 2. The zero-order valence-electron chi connectivity index (χ0n) is 18.2. The van der Waals surface area contributed by atoms with Crippen LogP contribution in [-0.2, 0) is 18.4 Å². The van der Waals surface area contributed by atoms with Crippen molar-refractivity contribution < 1.29 is 4.39 Å². The van der Waals surface area contributed by atoms with Crippen LogP contribution in [0.15, 0.2) is 23.2 Å². The highest BCUT2D eigenvalue weighted by Crippen LogP contribution is 2.30. The van der Waals surface area contributed by atoms with Crippen molar-refractivity contribution in [2.45, 2.75) is 64.5 Å². The van der Waals surface area contributed by atoms with Gasteiger partial charge in [-0.3, -0.25) is 4.99 Å². The van der Waals surface area contributed by atoms with E-state index in [0.29, 0.717) is 17.5 Å². The summed E-state index contributed by atoms with van der Waals surface area (Å²) in [6.07, 6.45) is 1.87. The van der Waals surface area contributed by atoms with E-state index in [-0.39, 0.29) is 41.3 Å². The van der Waals surface area contributed by atoms with Crippen molar-refractivity contribution in [1.82, 2.24) is 25.4 Å². The van der Waals surface area contributed by atoms with Crippen LogP contribution in [0.4, 0.5) is 4.39 Å². The first-order valence-electron chi connectivity index (χ1n) is 10.1. The minimum Gasteiger partial charge on any atom is -0.356 e. The van der Waals surface area contributed by atoms with Gasteiger partial charge in [-0.2, -0.15) is 5.10 Å². The van der Waals surface area contributed by atoms with Crippen LogP contribution >= 0.6 is 35.6 Å². The summed E-state index contributed by atoms with van der Waals surface area (Å²) in [5, 5.41) is 11.9. The number of halogens is 3. The number of rotatable bonds is 5. The van der Waals surface area contributed by atoms with E-state index in [9.17, 15) is 4.39 Å². The molecule has 0 saturated carbocycles. The van der Waals surface area contributed by atoms with Gasteiger partial charge in [-0.1, -0.05) is 45.4 Å². The summed E-state index contributed by atoms with van der Waals surface area (Å²) < 4.78 is 15.4. The first-order chi connectivity index (χ1) is 13.7. The van der Waals surface area contributed by atoms with E-state index < -0.39 is 0 Å². The number of benzene rings is 1. The van der Waals surface area contributed by atoms with Gasteiger partial charge in [0, 0.05) is 42.4 Å². The van der Waals surface area contributed by atoms with Crippen molar-refractivity contribution >= 4 is 41.5 Å². The van der Waals surface area contributed by atoms with E-state index in [1.54, 1.807) is 13.1 Å². The maximum atomic E-state index is 13.4. The number of guanidine groups is 1. The smallest absolute Gasteiger partial charge is 0.191 e. The lowest BCUT2D eigenvalue weighted by Crippen LogP contribution is -2.49. The van der Waals surface area contributed by atoms with Crippen molar-refractivity contribution in [2.75, 3.05) is 13.6 Å². The summed E-state index contributed by atoms with van der Waals surface area (Å²) in [5.41, 5.74) is 0.606. The molecule has 1 unspecified atom stereocenters. The average Bonchev–Trinajstić information content (AvgIpc) is 3.08. The topological polar surface area (TPSA) is 67.1 Å². The van der Waals surface area contributed by atoms with Crippen LogP contribution in [0.3, 0.4) is 0 Å². The SMILES string of the molecule is CN=C(NCC(C)(C)c1ccc(F)cc1Cl)NC1CCc2nc(C(C)C)nn2C1.I. The van der Waals surface area contributed by atoms with Crippen molar-refractivity contribution in [3.8, 4) is 0 Å². The maximum absolute atomic E-state index is 13.4. The molecule has 1 aromatic heterocycles. The highest BCUT2D eigenvalue weighted by atomic mass is 127. The van der Waals surface area contributed by atoms with Gasteiger partial charge < -0.3 is 10.6 Å². The van der Waals surface area contributed by atoms with Crippen LogP contribution in [-0.4, -0.2) is 40.4 Å². The number of nitrogens with one attached hydrogen (secondary N) is 2. The fourth-order valence-electron chi connectivity index (χ4n) is 3.52. The van der Waals surface area contributed by atoms with Crippen molar-refractivity contribution in [3.05, 3.63) is 46.3 Å². The lowest BCUT2D eigenvalue weighted by Gasteiger charge is -2.30. The van der Waals surface area contributed by atoms with Crippen molar-refractivity contribution in [2.24, 2.45) is 4.99 Å². The van der Waals surface area contributed by atoms with Gasteiger partial charge in [-0.05, 0) is 24.1 Å². The van der Waals surface area contributed by atoms with E-state index >= 15 is 0 Å². The Bertz CT molecular complexity index is 896. The number of fused-ring (bicyclic) bond motifs is 1. The minimum atomic E-state index is -0.328. The summed E-state index contributed by atoms with van der Waals surface area (Å²) in [5.74, 6) is 2.69. The molecule has 0 bridgehead atoms. The summed E-state index contributed by atoms with van der Waals surface area (Å²) in [7, 11) is 1.76. The molecule has 30 heavy (non-hydrogen) atoms. The Morgan fingerprint density at radius 2 is 2.13 bits per heavy atom. The second-order valence-electron chi connectivity index (χ2n) is 8.54. The van der Waals surface area contributed by atoms with Crippen molar-refractivity contribution in [3.63, 3.8) is 0 Å². The standard InChI is InChI=1S/C21H30ClFN6.HI/c1-13(2)19-27-18-9-7-15(11-29(18)28-19)26-20(24-5)25-12-21(3,4)16-8-6-14(23)10-17(16)22;/h6,8,10,13,15H,7,9,11-12H2,1-5H3,(H2,24,25,26);1H. The molecule has 0 amide bonds. The average molecular weight is 549 g/mol. The second kappa shape index (κ2) is 10.3. The zero-order chi connectivity index (χ0) is 21.2. The Labute approximate surface area is 200 Å². The summed E-state index contributed by atoms with van der Waals surface area (Å²) in [6.45, 7) is 9.74. The molecule has 1 atom stereocenters. The molecule has 166 valence electrons. The van der Waals surface area contributed by atoms with E-state index in [0.717, 1.165) is 42.6 Å². The van der Waals surface area contributed by atoms with Gasteiger partial charge >= 0.3 is 0 Å². The van der Waals surface area contributed by atoms with Crippen LogP contribution in [0.25, 0.3) is 0 Å². The number of aryl methyl sites for hydroxylation is 1. The molecule has 2 N–H and O–H groups in total. The molecule has 2 heterocycles. The predicted molar refractivity (Wildman–Crippen MR) is 131 cm³/mol. The van der Waals surface area contributed by atoms with Gasteiger partial charge in [0.05, 0.1) is 6.54 Å². The fraction of sp³-hybridized carbons (Fsp3) is 0.571. The Balaban J connectivity index is 0.00000320. The summed E-state index contributed by atoms with van der Waals surface area (Å²) >= 11 is 6.26. The molecule has 0 saturated heterocycles. The zero-order valence-corrected chi connectivity index (χ0v) is 21.3. The van der Waals surface area contributed by atoms with Gasteiger partial charge in [0.15, 0.2) is 11.8 Å². The highest BCUT2D eigenvalue weighted by Gasteiger charge is 2.26. The Morgan fingerprint density at radius 1 is 1.40 bits per heavy atom. The van der Waals surface area contributed by atoms with Gasteiger partial charge in [-0.15, -0.1) is 24.0 Å². The van der Waals surface area contributed by atoms with Gasteiger partial charge in [0.1, 0.15) is 11.6 Å². The minimum absolute atomic E-state index is 0. The van der Waals surface area contributed by atoms with Crippen LogP contribution < -0.4 is 10.6 Å². The van der Waals surface area contributed by atoms with Gasteiger partial charge in [-0.25, -0.2) is 14.1 Å². The maximum Gasteiger partial charge on any atom is 0.191 e. The largest absolute Gasteiger partial charge is 0.356 e. The third-order valence-corrected chi connectivity index (χ3v) is 5.63. The van der Waals surface area contributed by atoms with Gasteiger partial charge in [0.25, 0.3) is 0 Å². The number of nitrogens with zero attached hydrogens (tertiary/aromatic N) is 4. The predicted octanol–water partition coefficient (Wildman–Crippen LogP) is 4.27. The molecular weight excluding hydrogens is 518 g/mol. The highest BCUT2D eigenvalue weighted by molar-refractivity contribution is 14.0. The van der Waals surface area contributed by atoms with Crippen LogP contribution in [0.2, 0.25) is 5.02 Å². The van der Waals surface area contributed by atoms with Crippen LogP contribution in [0, 0.1) is 5.82 Å². The molecule has 1 aliphatic rings. The molecule has 9 heteroatoms. The normalized spacial score (nSPS) is 16.8. The number of aliphatic imine (C=N–C) groups is 1. The van der Waals surface area contributed by atoms with Crippen LogP contribution in [0.5, 0.6) is 0 Å². The first-order valence-corrected chi connectivity index (χ1v) is 10.4. The molecule has 6 nitrogen and oxygen atoms in total. The van der Waals surface area contributed by atoms with E-state index in [2.05, 4.69) is 53.4 Å². The molecule has 1 aliphatic heterocycles. The summed E-state index contributed by atoms with van der Waals surface area (Å²) in [6, 6.07) is 4.77. The lowest BCUT2D eigenvalue weighted by atomic mass is 9.84. The van der Waals surface area contributed by atoms with Gasteiger partial charge in [0.2, 0.25) is 0 Å². The number of hydrogen-bond acceptors (Lipinski definition) is 3.